The van der Waals surface area contributed by atoms with Gasteiger partial charge in [-0.2, -0.15) is 0 Å². The first-order valence-electron chi connectivity index (χ1n) is 9.69. The van der Waals surface area contributed by atoms with E-state index in [1.54, 1.807) is 7.11 Å². The van der Waals surface area contributed by atoms with Gasteiger partial charge < -0.3 is 14.5 Å². The van der Waals surface area contributed by atoms with E-state index >= 15 is 0 Å². The molecule has 29 heavy (non-hydrogen) atoms. The fourth-order valence-corrected chi connectivity index (χ4v) is 3.35. The van der Waals surface area contributed by atoms with E-state index in [0.29, 0.717) is 17.9 Å². The zero-order chi connectivity index (χ0) is 20.1. The smallest absolute Gasteiger partial charge is 0.224 e. The molecule has 1 N–H and O–H groups in total. The number of aryl methyl sites for hydroxylation is 1. The molecule has 2 heterocycles. The van der Waals surface area contributed by atoms with Crippen molar-refractivity contribution >= 4 is 17.2 Å². The Morgan fingerprint density at radius 2 is 1.90 bits per heavy atom. The Morgan fingerprint density at radius 1 is 1.07 bits per heavy atom. The van der Waals surface area contributed by atoms with Gasteiger partial charge in [-0.3, -0.25) is 4.79 Å². The first-order valence-corrected chi connectivity index (χ1v) is 9.69. The van der Waals surface area contributed by atoms with Crippen molar-refractivity contribution in [2.75, 3.05) is 12.4 Å². The van der Waals surface area contributed by atoms with E-state index in [9.17, 15) is 4.79 Å². The highest BCUT2D eigenvalue weighted by Crippen LogP contribution is 2.30. The van der Waals surface area contributed by atoms with E-state index in [1.165, 1.54) is 5.56 Å². The third-order valence-electron chi connectivity index (χ3n) is 4.85. The molecule has 0 saturated carbocycles. The molecular formula is C24H23N3O2. The molecule has 2 aromatic carbocycles. The van der Waals surface area contributed by atoms with Gasteiger partial charge >= 0.3 is 0 Å². The first-order chi connectivity index (χ1) is 14.2. The molecule has 0 unspecified atom stereocenters. The van der Waals surface area contributed by atoms with Crippen molar-refractivity contribution in [1.29, 1.82) is 0 Å². The van der Waals surface area contributed by atoms with Crippen LogP contribution in [0.4, 0.5) is 5.69 Å². The van der Waals surface area contributed by atoms with Crippen LogP contribution in [-0.2, 0) is 11.2 Å². The number of carbonyl (C=O) groups is 1. The van der Waals surface area contributed by atoms with Gasteiger partial charge in [0.15, 0.2) is 0 Å². The number of carbonyl (C=O) groups excluding carboxylic acids is 1. The molecule has 0 aliphatic heterocycles. The topological polar surface area (TPSA) is 55.6 Å². The lowest BCUT2D eigenvalue weighted by molar-refractivity contribution is -0.116. The maximum Gasteiger partial charge on any atom is 0.224 e. The Kier molecular flexibility index (Phi) is 5.56. The molecule has 146 valence electrons. The maximum atomic E-state index is 12.5. The van der Waals surface area contributed by atoms with Crippen molar-refractivity contribution in [3.8, 4) is 17.0 Å². The molecule has 0 atom stereocenters. The summed E-state index contributed by atoms with van der Waals surface area (Å²) in [6.07, 6.45) is 6.07. The van der Waals surface area contributed by atoms with Crippen molar-refractivity contribution in [2.24, 2.45) is 0 Å². The number of imidazole rings is 1. The molecule has 5 nitrogen and oxygen atoms in total. The minimum atomic E-state index is -0.0219. The van der Waals surface area contributed by atoms with E-state index in [-0.39, 0.29) is 5.91 Å². The molecule has 4 aromatic rings. The third-order valence-corrected chi connectivity index (χ3v) is 4.85. The van der Waals surface area contributed by atoms with Crippen molar-refractivity contribution < 1.29 is 9.53 Å². The van der Waals surface area contributed by atoms with E-state index < -0.39 is 0 Å². The average Bonchev–Trinajstić information content (AvgIpc) is 3.19. The summed E-state index contributed by atoms with van der Waals surface area (Å²) >= 11 is 0. The van der Waals surface area contributed by atoms with Gasteiger partial charge in [0.25, 0.3) is 0 Å². The molecule has 0 radical (unpaired) electrons. The maximum absolute atomic E-state index is 12.5. The third kappa shape index (κ3) is 4.46. The number of hydrogen-bond donors (Lipinski definition) is 1. The Labute approximate surface area is 170 Å². The number of fused-ring (bicyclic) bond motifs is 1. The second-order valence-corrected chi connectivity index (χ2v) is 6.89. The summed E-state index contributed by atoms with van der Waals surface area (Å²) in [5.41, 5.74) is 4.55. The Balaban J connectivity index is 1.47. The van der Waals surface area contributed by atoms with Gasteiger partial charge in [-0.05, 0) is 48.7 Å². The summed E-state index contributed by atoms with van der Waals surface area (Å²) < 4.78 is 7.40. The number of amides is 1. The van der Waals surface area contributed by atoms with Crippen molar-refractivity contribution in [3.63, 3.8) is 0 Å². The van der Waals surface area contributed by atoms with Crippen LogP contribution in [-0.4, -0.2) is 22.4 Å². The van der Waals surface area contributed by atoms with E-state index in [1.807, 2.05) is 71.4 Å². The zero-order valence-electron chi connectivity index (χ0n) is 16.3. The fourth-order valence-electron chi connectivity index (χ4n) is 3.35. The largest absolute Gasteiger partial charge is 0.495 e. The molecule has 5 heteroatoms. The summed E-state index contributed by atoms with van der Waals surface area (Å²) in [7, 11) is 1.60. The van der Waals surface area contributed by atoms with Gasteiger partial charge in [-0.1, -0.05) is 36.4 Å². The van der Waals surface area contributed by atoms with Crippen LogP contribution in [0.5, 0.6) is 5.75 Å². The second-order valence-electron chi connectivity index (χ2n) is 6.89. The molecule has 0 aliphatic carbocycles. The molecule has 0 saturated heterocycles. The Morgan fingerprint density at radius 3 is 2.69 bits per heavy atom. The number of nitrogens with one attached hydrogen (secondary N) is 1. The summed E-state index contributed by atoms with van der Waals surface area (Å²) in [6.45, 7) is 0. The predicted molar refractivity (Wildman–Crippen MR) is 115 cm³/mol. The minimum absolute atomic E-state index is 0.0219. The predicted octanol–water partition coefficient (Wildman–Crippen LogP) is 4.97. The lowest BCUT2D eigenvalue weighted by Gasteiger charge is -2.11. The number of anilines is 1. The van der Waals surface area contributed by atoms with Crippen LogP contribution >= 0.6 is 0 Å². The molecule has 0 aliphatic rings. The van der Waals surface area contributed by atoms with Gasteiger partial charge in [0.2, 0.25) is 5.91 Å². The van der Waals surface area contributed by atoms with Crippen LogP contribution in [0.3, 0.4) is 0 Å². The molecule has 1 amide bonds. The van der Waals surface area contributed by atoms with Crippen LogP contribution < -0.4 is 10.1 Å². The lowest BCUT2D eigenvalue weighted by atomic mass is 10.1. The molecule has 2 aromatic heterocycles. The molecule has 0 bridgehead atoms. The van der Waals surface area contributed by atoms with Gasteiger partial charge in [0.1, 0.15) is 11.4 Å². The number of nitrogens with zero attached hydrogens (tertiary/aromatic N) is 2. The Bertz CT molecular complexity index is 1090. The van der Waals surface area contributed by atoms with Crippen molar-refractivity contribution in [2.45, 2.75) is 19.3 Å². The minimum Gasteiger partial charge on any atom is -0.495 e. The van der Waals surface area contributed by atoms with E-state index in [2.05, 4.69) is 22.4 Å². The van der Waals surface area contributed by atoms with Gasteiger partial charge in [0, 0.05) is 24.4 Å². The van der Waals surface area contributed by atoms with Gasteiger partial charge in [0.05, 0.1) is 18.5 Å². The van der Waals surface area contributed by atoms with E-state index in [4.69, 9.17) is 4.74 Å². The monoisotopic (exact) mass is 385 g/mol. The van der Waals surface area contributed by atoms with Crippen molar-refractivity contribution in [3.05, 3.63) is 84.7 Å². The van der Waals surface area contributed by atoms with Gasteiger partial charge in [-0.25, -0.2) is 4.98 Å². The number of ether oxygens (including phenoxy) is 1. The van der Waals surface area contributed by atoms with Crippen LogP contribution in [0, 0.1) is 0 Å². The highest BCUT2D eigenvalue weighted by molar-refractivity contribution is 5.93. The normalized spacial score (nSPS) is 10.8. The molecule has 0 spiro atoms. The number of methoxy groups -OCH3 is 1. The highest BCUT2D eigenvalue weighted by Gasteiger charge is 2.11. The number of benzene rings is 2. The number of hydrogen-bond acceptors (Lipinski definition) is 3. The van der Waals surface area contributed by atoms with Crippen LogP contribution in [0.1, 0.15) is 18.4 Å². The summed E-state index contributed by atoms with van der Waals surface area (Å²) in [5.74, 6) is 0.611. The lowest BCUT2D eigenvalue weighted by Crippen LogP contribution is -2.12. The first kappa shape index (κ1) is 18.7. The van der Waals surface area contributed by atoms with Crippen LogP contribution in [0.2, 0.25) is 0 Å². The standard InChI is InChI=1S/C24H23N3O2/c1-29-22-14-13-19(21-17-27-15-6-5-11-23(27)25-21)16-20(22)26-24(28)12-7-10-18-8-3-2-4-9-18/h2-6,8-9,11,13-17H,7,10,12H2,1H3,(H,26,28). The number of aromatic nitrogens is 2. The summed E-state index contributed by atoms with van der Waals surface area (Å²) in [5, 5.41) is 2.99. The zero-order valence-corrected chi connectivity index (χ0v) is 16.3. The molecule has 0 fully saturated rings. The quantitative estimate of drug-likeness (QED) is 0.489. The number of pyridine rings is 1. The average molecular weight is 385 g/mol. The molecule has 4 rings (SSSR count). The highest BCUT2D eigenvalue weighted by atomic mass is 16.5. The fraction of sp³-hybridized carbons (Fsp3) is 0.167. The van der Waals surface area contributed by atoms with Crippen LogP contribution in [0.15, 0.2) is 79.1 Å². The van der Waals surface area contributed by atoms with E-state index in [0.717, 1.165) is 29.7 Å². The van der Waals surface area contributed by atoms with Crippen molar-refractivity contribution in [1.82, 2.24) is 9.38 Å². The molecular weight excluding hydrogens is 362 g/mol. The summed E-state index contributed by atoms with van der Waals surface area (Å²) in [6, 6.07) is 21.8. The van der Waals surface area contributed by atoms with Crippen LogP contribution in [0.25, 0.3) is 16.9 Å². The van der Waals surface area contributed by atoms with Gasteiger partial charge in [-0.15, -0.1) is 0 Å². The number of rotatable bonds is 7. The SMILES string of the molecule is COc1ccc(-c2cn3ccccc3n2)cc1NC(=O)CCCc1ccccc1. The second kappa shape index (κ2) is 8.61. The summed E-state index contributed by atoms with van der Waals surface area (Å²) in [4.78, 5) is 17.1. The Hall–Kier alpha value is -3.60.